The molecular weight excluding hydrogens is 529 g/mol. The zero-order valence-electron chi connectivity index (χ0n) is 20.1. The quantitative estimate of drug-likeness (QED) is 0.240. The van der Waals surface area contributed by atoms with Crippen LogP contribution in [-0.4, -0.2) is 92.1 Å². The number of hydrogen-bond donors (Lipinski definition) is 1. The Hall–Kier alpha value is -2.01. The number of aliphatic imine (C=N–C) groups is 1. The Morgan fingerprint density at radius 1 is 1.15 bits per heavy atom. The average molecular weight is 568 g/mol. The number of benzene rings is 1. The number of ether oxygens (including phenoxy) is 1. The van der Waals surface area contributed by atoms with Crippen molar-refractivity contribution < 1.29 is 4.74 Å². The molecule has 3 heterocycles. The van der Waals surface area contributed by atoms with Gasteiger partial charge in [-0.3, -0.25) is 14.6 Å². The van der Waals surface area contributed by atoms with Crippen molar-refractivity contribution in [3.63, 3.8) is 0 Å². The van der Waals surface area contributed by atoms with E-state index in [-0.39, 0.29) is 24.0 Å². The molecule has 1 aromatic heterocycles. The van der Waals surface area contributed by atoms with Gasteiger partial charge in [-0.2, -0.15) is 5.10 Å². The van der Waals surface area contributed by atoms with Gasteiger partial charge in [-0.25, -0.2) is 0 Å². The third kappa shape index (κ3) is 6.75. The smallest absolute Gasteiger partial charge is 0.193 e. The Morgan fingerprint density at radius 2 is 1.91 bits per heavy atom. The van der Waals surface area contributed by atoms with Crippen LogP contribution in [0.4, 0.5) is 5.69 Å². The van der Waals surface area contributed by atoms with E-state index < -0.39 is 0 Å². The molecule has 2 fully saturated rings. The van der Waals surface area contributed by atoms with Gasteiger partial charge in [-0.1, -0.05) is 0 Å². The molecule has 1 aromatic carbocycles. The summed E-state index contributed by atoms with van der Waals surface area (Å²) in [6.07, 6.45) is 6.42. The Kier molecular flexibility index (Phi) is 9.66. The number of anilines is 1. The third-order valence-corrected chi connectivity index (χ3v) is 6.64. The molecule has 2 saturated heterocycles. The number of aromatic nitrogens is 2. The highest BCUT2D eigenvalue weighted by atomic mass is 127. The maximum absolute atomic E-state index is 5.26. The summed E-state index contributed by atoms with van der Waals surface area (Å²) in [5.74, 6) is 2.49. The van der Waals surface area contributed by atoms with Crippen LogP contribution in [0, 0.1) is 0 Å². The molecule has 0 amide bonds. The van der Waals surface area contributed by atoms with Gasteiger partial charge in [-0.15, -0.1) is 24.0 Å². The lowest BCUT2D eigenvalue weighted by Crippen LogP contribution is -2.47. The summed E-state index contributed by atoms with van der Waals surface area (Å²) in [6, 6.07) is 8.39. The molecule has 2 aliphatic heterocycles. The number of hydrogen-bond acceptors (Lipinski definition) is 5. The largest absolute Gasteiger partial charge is 0.497 e. The number of aryl methyl sites for hydroxylation is 1. The van der Waals surface area contributed by atoms with Crippen LogP contribution < -0.4 is 15.0 Å². The van der Waals surface area contributed by atoms with Gasteiger partial charge in [0.25, 0.3) is 0 Å². The molecule has 182 valence electrons. The number of halogens is 1. The number of nitrogens with one attached hydrogen (secondary N) is 1. The summed E-state index contributed by atoms with van der Waals surface area (Å²) < 4.78 is 7.16. The Labute approximate surface area is 215 Å². The Bertz CT molecular complexity index is 877. The third-order valence-electron chi connectivity index (χ3n) is 6.64. The topological polar surface area (TPSA) is 61.2 Å². The highest BCUT2D eigenvalue weighted by molar-refractivity contribution is 14.0. The van der Waals surface area contributed by atoms with Gasteiger partial charge in [0.1, 0.15) is 5.75 Å². The summed E-state index contributed by atoms with van der Waals surface area (Å²) in [6.45, 7) is 8.51. The van der Waals surface area contributed by atoms with Gasteiger partial charge in [-0.05, 0) is 49.2 Å². The van der Waals surface area contributed by atoms with E-state index in [9.17, 15) is 0 Å². The predicted molar refractivity (Wildman–Crippen MR) is 145 cm³/mol. The lowest BCUT2D eigenvalue weighted by Gasteiger charge is -2.36. The van der Waals surface area contributed by atoms with E-state index in [0.717, 1.165) is 76.9 Å². The summed E-state index contributed by atoms with van der Waals surface area (Å²) in [4.78, 5) is 11.9. The first-order chi connectivity index (χ1) is 15.7. The van der Waals surface area contributed by atoms with Crippen molar-refractivity contribution in [1.29, 1.82) is 0 Å². The van der Waals surface area contributed by atoms with Crippen LogP contribution in [-0.2, 0) is 7.05 Å². The molecule has 0 bridgehead atoms. The molecule has 9 heteroatoms. The lowest BCUT2D eigenvalue weighted by molar-refractivity contribution is 0.255. The molecular formula is C24H38IN7O. The molecule has 1 atom stereocenters. The fourth-order valence-electron chi connectivity index (χ4n) is 4.73. The first-order valence-corrected chi connectivity index (χ1v) is 11.7. The average Bonchev–Trinajstić information content (AvgIpc) is 3.49. The molecule has 8 nitrogen and oxygen atoms in total. The second kappa shape index (κ2) is 12.5. The van der Waals surface area contributed by atoms with Crippen LogP contribution in [0.2, 0.25) is 0 Å². The summed E-state index contributed by atoms with van der Waals surface area (Å²) in [5, 5.41) is 7.90. The highest BCUT2D eigenvalue weighted by Gasteiger charge is 2.26. The Morgan fingerprint density at radius 3 is 2.55 bits per heavy atom. The minimum absolute atomic E-state index is 0. The summed E-state index contributed by atoms with van der Waals surface area (Å²) in [7, 11) is 5.58. The second-order valence-corrected chi connectivity index (χ2v) is 8.73. The van der Waals surface area contributed by atoms with Crippen LogP contribution in [0.3, 0.4) is 0 Å². The molecule has 4 rings (SSSR count). The molecule has 2 aromatic rings. The van der Waals surface area contributed by atoms with Gasteiger partial charge in [0.05, 0.1) is 13.3 Å². The standard InChI is InChI=1S/C24H37N7O.HI/c1-25-24(31-12-9-20(19-31)21-17-27-28(2)18-21)26-10-4-11-29-13-15-30(16-14-29)22-5-7-23(32-3)8-6-22;/h5-8,17-18,20H,4,9-16,19H2,1-3H3,(H,25,26);1H. The van der Waals surface area contributed by atoms with Gasteiger partial charge in [0.2, 0.25) is 0 Å². The predicted octanol–water partition coefficient (Wildman–Crippen LogP) is 2.62. The van der Waals surface area contributed by atoms with Crippen LogP contribution in [0.25, 0.3) is 0 Å². The maximum Gasteiger partial charge on any atom is 0.193 e. The van der Waals surface area contributed by atoms with E-state index in [1.807, 2.05) is 37.1 Å². The van der Waals surface area contributed by atoms with Gasteiger partial charge in [0.15, 0.2) is 5.96 Å². The second-order valence-electron chi connectivity index (χ2n) is 8.73. The number of nitrogens with zero attached hydrogens (tertiary/aromatic N) is 6. The number of guanidine groups is 1. The van der Waals surface area contributed by atoms with E-state index in [1.165, 1.54) is 11.3 Å². The zero-order chi connectivity index (χ0) is 22.3. The van der Waals surface area contributed by atoms with Crippen LogP contribution in [0.15, 0.2) is 41.7 Å². The van der Waals surface area contributed by atoms with Gasteiger partial charge < -0.3 is 19.9 Å². The fraction of sp³-hybridized carbons (Fsp3) is 0.583. The number of likely N-dealkylation sites (tertiary alicyclic amines) is 1. The number of rotatable bonds is 7. The van der Waals surface area contributed by atoms with Crippen LogP contribution in [0.1, 0.15) is 24.3 Å². The molecule has 0 radical (unpaired) electrons. The highest BCUT2D eigenvalue weighted by Crippen LogP contribution is 2.26. The normalized spacial score (nSPS) is 19.5. The summed E-state index contributed by atoms with van der Waals surface area (Å²) in [5.41, 5.74) is 2.62. The molecule has 0 saturated carbocycles. The van der Waals surface area contributed by atoms with E-state index in [0.29, 0.717) is 5.92 Å². The van der Waals surface area contributed by atoms with Crippen molar-refractivity contribution in [1.82, 2.24) is 24.9 Å². The maximum atomic E-state index is 5.26. The minimum atomic E-state index is 0. The van der Waals surface area contributed by atoms with E-state index >= 15 is 0 Å². The first-order valence-electron chi connectivity index (χ1n) is 11.7. The fourth-order valence-corrected chi connectivity index (χ4v) is 4.73. The summed E-state index contributed by atoms with van der Waals surface area (Å²) >= 11 is 0. The van der Waals surface area contributed by atoms with E-state index in [2.05, 4.69) is 48.4 Å². The van der Waals surface area contributed by atoms with Gasteiger partial charge >= 0.3 is 0 Å². The van der Waals surface area contributed by atoms with Crippen molar-refractivity contribution in [2.75, 3.05) is 71.4 Å². The molecule has 1 unspecified atom stereocenters. The number of methoxy groups -OCH3 is 1. The SMILES string of the molecule is CN=C(NCCCN1CCN(c2ccc(OC)cc2)CC1)N1CCC(c2cnn(C)c2)C1.I. The molecule has 2 aliphatic rings. The molecule has 33 heavy (non-hydrogen) atoms. The van der Waals surface area contributed by atoms with Gasteiger partial charge in [0, 0.05) is 77.7 Å². The van der Waals surface area contributed by atoms with Crippen molar-refractivity contribution in [2.45, 2.75) is 18.8 Å². The van der Waals surface area contributed by atoms with Crippen molar-refractivity contribution in [2.24, 2.45) is 12.0 Å². The molecule has 0 aliphatic carbocycles. The number of piperazine rings is 1. The molecule has 0 spiro atoms. The Balaban J connectivity index is 0.00000306. The minimum Gasteiger partial charge on any atom is -0.497 e. The van der Waals surface area contributed by atoms with E-state index in [1.54, 1.807) is 7.11 Å². The first kappa shape index (κ1) is 25.6. The lowest BCUT2D eigenvalue weighted by atomic mass is 10.0. The van der Waals surface area contributed by atoms with Crippen LogP contribution >= 0.6 is 24.0 Å². The van der Waals surface area contributed by atoms with Crippen molar-refractivity contribution in [3.8, 4) is 5.75 Å². The van der Waals surface area contributed by atoms with E-state index in [4.69, 9.17) is 4.74 Å². The van der Waals surface area contributed by atoms with Crippen LogP contribution in [0.5, 0.6) is 5.75 Å². The zero-order valence-corrected chi connectivity index (χ0v) is 22.4. The monoisotopic (exact) mass is 567 g/mol. The molecule has 1 N–H and O–H groups in total. The van der Waals surface area contributed by atoms with Crippen molar-refractivity contribution in [3.05, 3.63) is 42.2 Å². The van der Waals surface area contributed by atoms with Crippen molar-refractivity contribution >= 4 is 35.6 Å².